The lowest BCUT2D eigenvalue weighted by Crippen LogP contribution is -1.78. The molecule has 9 heavy (non-hydrogen) atoms. The molecule has 1 heterocycles. The molecule has 0 saturated carbocycles. The maximum absolute atomic E-state index is 8.87. The molecule has 0 aliphatic carbocycles. The molecule has 0 bridgehead atoms. The number of nitrogens with zero attached hydrogens (tertiary/aromatic N) is 2. The van der Waals surface area contributed by atoms with Crippen molar-refractivity contribution < 1.29 is 5.11 Å². The summed E-state index contributed by atoms with van der Waals surface area (Å²) in [6.07, 6.45) is 2.26. The van der Waals surface area contributed by atoms with Gasteiger partial charge in [-0.25, -0.2) is 0 Å². The third-order valence-electron chi connectivity index (χ3n) is 0.874. The topological polar surface area (TPSA) is 46.0 Å². The average Bonchev–Trinajstić information content (AvgIpc) is 2.18. The Kier molecular flexibility index (Phi) is 1.79. The molecule has 0 saturated heterocycles. The van der Waals surface area contributed by atoms with Crippen molar-refractivity contribution in [3.63, 3.8) is 0 Å². The smallest absolute Gasteiger partial charge is 0.246 e. The number of rotatable bonds is 2. The van der Waals surface area contributed by atoms with Crippen LogP contribution in [0.15, 0.2) is 12.7 Å². The maximum atomic E-state index is 8.87. The van der Waals surface area contributed by atoms with Gasteiger partial charge in [-0.15, -0.1) is 11.0 Å². The minimum absolute atomic E-state index is 0.0277. The van der Waals surface area contributed by atoms with Crippen LogP contribution >= 0.6 is 11.7 Å². The zero-order chi connectivity index (χ0) is 6.69. The van der Waals surface area contributed by atoms with Gasteiger partial charge in [0.2, 0.25) is 5.88 Å². The summed E-state index contributed by atoms with van der Waals surface area (Å²) in [6, 6.07) is 0. The van der Waals surface area contributed by atoms with Crippen LogP contribution in [-0.2, 0) is 6.42 Å². The molecule has 0 spiro atoms. The largest absolute Gasteiger partial charge is 0.491 e. The summed E-state index contributed by atoms with van der Waals surface area (Å²) in [5.41, 5.74) is 0.606. The monoisotopic (exact) mass is 142 g/mol. The van der Waals surface area contributed by atoms with Crippen molar-refractivity contribution in [1.29, 1.82) is 0 Å². The number of hydrogen-bond acceptors (Lipinski definition) is 4. The van der Waals surface area contributed by atoms with Crippen molar-refractivity contribution in [1.82, 2.24) is 8.75 Å². The van der Waals surface area contributed by atoms with Crippen molar-refractivity contribution in [2.24, 2.45) is 0 Å². The lowest BCUT2D eigenvalue weighted by Gasteiger charge is -1.84. The van der Waals surface area contributed by atoms with Crippen molar-refractivity contribution >= 4 is 11.7 Å². The Balaban J connectivity index is 2.80. The van der Waals surface area contributed by atoms with E-state index < -0.39 is 0 Å². The van der Waals surface area contributed by atoms with Crippen molar-refractivity contribution in [3.8, 4) is 5.88 Å². The Bertz CT molecular complexity index is 208. The van der Waals surface area contributed by atoms with Crippen LogP contribution < -0.4 is 0 Å². The van der Waals surface area contributed by atoms with Crippen molar-refractivity contribution in [2.75, 3.05) is 0 Å². The maximum Gasteiger partial charge on any atom is 0.246 e. The van der Waals surface area contributed by atoms with E-state index in [1.165, 1.54) is 0 Å². The van der Waals surface area contributed by atoms with E-state index in [1.54, 1.807) is 6.08 Å². The van der Waals surface area contributed by atoms with Gasteiger partial charge in [0.1, 0.15) is 5.69 Å². The fraction of sp³-hybridized carbons (Fsp3) is 0.200. The second-order valence-electron chi connectivity index (χ2n) is 1.53. The number of aromatic nitrogens is 2. The second kappa shape index (κ2) is 2.59. The van der Waals surface area contributed by atoms with Crippen LogP contribution in [0.25, 0.3) is 0 Å². The van der Waals surface area contributed by atoms with Crippen LogP contribution in [0.1, 0.15) is 5.69 Å². The molecular weight excluding hydrogens is 136 g/mol. The van der Waals surface area contributed by atoms with Gasteiger partial charge in [0.25, 0.3) is 0 Å². The lowest BCUT2D eigenvalue weighted by atomic mass is 10.3. The molecule has 1 aromatic heterocycles. The van der Waals surface area contributed by atoms with Crippen LogP contribution in [0.3, 0.4) is 0 Å². The zero-order valence-electron chi connectivity index (χ0n) is 4.74. The fourth-order valence-corrected chi connectivity index (χ4v) is 0.945. The predicted octanol–water partition coefficient (Wildman–Crippen LogP) is 0.972. The number of aromatic hydroxyl groups is 1. The molecule has 1 N–H and O–H groups in total. The summed E-state index contributed by atoms with van der Waals surface area (Å²) in [7, 11) is 0. The first-order valence-electron chi connectivity index (χ1n) is 2.46. The van der Waals surface area contributed by atoms with E-state index in [1.807, 2.05) is 0 Å². The minimum Gasteiger partial charge on any atom is -0.491 e. The van der Waals surface area contributed by atoms with Crippen LogP contribution in [0.4, 0.5) is 0 Å². The molecule has 0 unspecified atom stereocenters. The summed E-state index contributed by atoms with van der Waals surface area (Å²) in [4.78, 5) is 0. The Labute approximate surface area is 57.0 Å². The first kappa shape index (κ1) is 6.22. The molecule has 1 aromatic rings. The Morgan fingerprint density at radius 1 is 1.67 bits per heavy atom. The molecule has 3 nitrogen and oxygen atoms in total. The number of hydrogen-bond donors (Lipinski definition) is 1. The summed E-state index contributed by atoms with van der Waals surface area (Å²) in [6.45, 7) is 3.50. The predicted molar refractivity (Wildman–Crippen MR) is 35.5 cm³/mol. The molecule has 0 aliphatic rings. The molecule has 1 rings (SSSR count). The van der Waals surface area contributed by atoms with Gasteiger partial charge in [-0.05, 0) is 0 Å². The molecule has 48 valence electrons. The Morgan fingerprint density at radius 2 is 2.44 bits per heavy atom. The van der Waals surface area contributed by atoms with E-state index in [0.29, 0.717) is 12.1 Å². The number of allylic oxidation sites excluding steroid dienone is 1. The van der Waals surface area contributed by atoms with Gasteiger partial charge in [0, 0.05) is 6.42 Å². The minimum atomic E-state index is 0.0277. The zero-order valence-corrected chi connectivity index (χ0v) is 5.56. The van der Waals surface area contributed by atoms with Gasteiger partial charge in [0.15, 0.2) is 0 Å². The van der Waals surface area contributed by atoms with Gasteiger partial charge in [-0.3, -0.25) is 0 Å². The molecule has 0 radical (unpaired) electrons. The second-order valence-corrected chi connectivity index (χ2v) is 2.06. The van der Waals surface area contributed by atoms with E-state index in [2.05, 4.69) is 15.3 Å². The molecule has 0 aliphatic heterocycles. The van der Waals surface area contributed by atoms with E-state index in [9.17, 15) is 0 Å². The highest BCUT2D eigenvalue weighted by Gasteiger charge is 2.01. The van der Waals surface area contributed by atoms with Crippen molar-refractivity contribution in [3.05, 3.63) is 18.3 Å². The normalized spacial score (nSPS) is 9.33. The van der Waals surface area contributed by atoms with Crippen LogP contribution in [0.2, 0.25) is 0 Å². The SMILES string of the molecule is C=CCc1nsnc1O. The third kappa shape index (κ3) is 1.26. The van der Waals surface area contributed by atoms with Gasteiger partial charge in [-0.1, -0.05) is 6.08 Å². The quantitative estimate of drug-likeness (QED) is 0.626. The molecule has 4 heteroatoms. The molecule has 0 aromatic carbocycles. The van der Waals surface area contributed by atoms with Gasteiger partial charge < -0.3 is 5.11 Å². The molecular formula is C5H6N2OS. The van der Waals surface area contributed by atoms with Crippen molar-refractivity contribution in [2.45, 2.75) is 6.42 Å². The summed E-state index contributed by atoms with van der Waals surface area (Å²) in [5.74, 6) is 0.0277. The molecule has 0 amide bonds. The first-order chi connectivity index (χ1) is 4.34. The molecule has 0 atom stereocenters. The fourth-order valence-electron chi connectivity index (χ4n) is 0.467. The van der Waals surface area contributed by atoms with Crippen LogP contribution in [0, 0.1) is 0 Å². The van der Waals surface area contributed by atoms with Gasteiger partial charge >= 0.3 is 0 Å². The lowest BCUT2D eigenvalue weighted by molar-refractivity contribution is 0.452. The van der Waals surface area contributed by atoms with Crippen LogP contribution in [-0.4, -0.2) is 13.9 Å². The van der Waals surface area contributed by atoms with E-state index >= 15 is 0 Å². The highest BCUT2D eigenvalue weighted by atomic mass is 32.1. The van der Waals surface area contributed by atoms with E-state index in [-0.39, 0.29) is 5.88 Å². The average molecular weight is 142 g/mol. The standard InChI is InChI=1S/C5H6N2OS/c1-2-3-4-5(8)7-9-6-4/h2H,1,3H2,(H,7,8). The summed E-state index contributed by atoms with van der Waals surface area (Å²) >= 11 is 1.01. The first-order valence-corrected chi connectivity index (χ1v) is 3.19. The highest BCUT2D eigenvalue weighted by Crippen LogP contribution is 2.12. The van der Waals surface area contributed by atoms with Gasteiger partial charge in [-0.2, -0.15) is 4.37 Å². The van der Waals surface area contributed by atoms with Crippen LogP contribution in [0.5, 0.6) is 5.88 Å². The summed E-state index contributed by atoms with van der Waals surface area (Å²) < 4.78 is 7.39. The Hall–Kier alpha value is -0.900. The Morgan fingerprint density at radius 3 is 2.89 bits per heavy atom. The molecule has 0 fully saturated rings. The third-order valence-corrected chi connectivity index (χ3v) is 1.43. The highest BCUT2D eigenvalue weighted by molar-refractivity contribution is 6.99. The summed E-state index contributed by atoms with van der Waals surface area (Å²) in [5, 5.41) is 8.87. The van der Waals surface area contributed by atoms with E-state index in [4.69, 9.17) is 5.11 Å². The van der Waals surface area contributed by atoms with E-state index in [0.717, 1.165) is 11.7 Å². The van der Waals surface area contributed by atoms with Gasteiger partial charge in [0.05, 0.1) is 11.7 Å².